The lowest BCUT2D eigenvalue weighted by Crippen LogP contribution is -2.56. The molecular formula is C23H21NO4. The fourth-order valence-corrected chi connectivity index (χ4v) is 4.28. The number of ether oxygens (including phenoxy) is 3. The van der Waals surface area contributed by atoms with Gasteiger partial charge in [0.05, 0.1) is 19.7 Å². The second kappa shape index (κ2) is 6.75. The van der Waals surface area contributed by atoms with Gasteiger partial charge in [0.15, 0.2) is 6.10 Å². The molecule has 3 atom stereocenters. The number of fused-ring (bicyclic) bond motifs is 5. The zero-order valence-electron chi connectivity index (χ0n) is 15.6. The van der Waals surface area contributed by atoms with Crippen molar-refractivity contribution in [2.45, 2.75) is 24.7 Å². The number of rotatable bonds is 2. The molecular weight excluding hydrogens is 354 g/mol. The van der Waals surface area contributed by atoms with E-state index in [1.54, 1.807) is 4.90 Å². The van der Waals surface area contributed by atoms with Gasteiger partial charge in [-0.3, -0.25) is 4.90 Å². The molecule has 0 radical (unpaired) electrons. The summed E-state index contributed by atoms with van der Waals surface area (Å²) in [6.45, 7) is 0.416. The van der Waals surface area contributed by atoms with Crippen molar-refractivity contribution >= 4 is 16.9 Å². The van der Waals surface area contributed by atoms with Crippen molar-refractivity contribution in [1.29, 1.82) is 0 Å². The third-order valence-corrected chi connectivity index (χ3v) is 5.62. The number of nitrogens with zero attached hydrogens (tertiary/aromatic N) is 1. The predicted molar refractivity (Wildman–Crippen MR) is 106 cm³/mol. The topological polar surface area (TPSA) is 48.0 Å². The molecule has 2 aliphatic heterocycles. The highest BCUT2D eigenvalue weighted by atomic mass is 16.6. The van der Waals surface area contributed by atoms with E-state index in [1.807, 2.05) is 54.6 Å². The fourth-order valence-electron chi connectivity index (χ4n) is 4.28. The first-order valence-electron chi connectivity index (χ1n) is 9.49. The Bertz CT molecular complexity index is 1030. The van der Waals surface area contributed by atoms with E-state index in [0.717, 1.165) is 27.8 Å². The number of hydrogen-bond donors (Lipinski definition) is 0. The van der Waals surface area contributed by atoms with E-state index in [-0.39, 0.29) is 24.3 Å². The Hall–Kier alpha value is -3.21. The van der Waals surface area contributed by atoms with Crippen molar-refractivity contribution in [1.82, 2.24) is 4.90 Å². The lowest BCUT2D eigenvalue weighted by molar-refractivity contribution is -0.0463. The first-order chi connectivity index (χ1) is 13.7. The average molecular weight is 375 g/mol. The van der Waals surface area contributed by atoms with Gasteiger partial charge in [-0.05, 0) is 17.5 Å². The van der Waals surface area contributed by atoms with Crippen LogP contribution in [0.5, 0.6) is 11.5 Å². The quantitative estimate of drug-likeness (QED) is 0.659. The minimum absolute atomic E-state index is 0.0604. The molecule has 1 amide bonds. The molecule has 5 heteroatoms. The molecule has 1 saturated heterocycles. The molecule has 2 aliphatic rings. The summed E-state index contributed by atoms with van der Waals surface area (Å²) in [6, 6.07) is 22.0. The maximum absolute atomic E-state index is 12.5. The SMILES string of the molecule is COC(=O)N1C[C@H](Oc2cccc3ccccc23)[C@H]2C[C@@H]1c1ccccc1O2. The van der Waals surface area contributed by atoms with Crippen LogP contribution in [0.15, 0.2) is 66.7 Å². The number of likely N-dealkylation sites (tertiary alicyclic amines) is 1. The molecule has 0 aliphatic carbocycles. The second-order valence-corrected chi connectivity index (χ2v) is 7.20. The number of para-hydroxylation sites is 1. The van der Waals surface area contributed by atoms with Crippen molar-refractivity contribution < 1.29 is 19.0 Å². The highest BCUT2D eigenvalue weighted by Gasteiger charge is 2.45. The van der Waals surface area contributed by atoms with Crippen LogP contribution < -0.4 is 9.47 Å². The largest absolute Gasteiger partial charge is 0.486 e. The lowest BCUT2D eigenvalue weighted by Gasteiger charge is -2.46. The van der Waals surface area contributed by atoms with Gasteiger partial charge in [0.2, 0.25) is 0 Å². The number of benzene rings is 3. The van der Waals surface area contributed by atoms with Crippen LogP contribution in [0.2, 0.25) is 0 Å². The Morgan fingerprint density at radius 1 is 1.04 bits per heavy atom. The van der Waals surface area contributed by atoms with Crippen LogP contribution in [0.25, 0.3) is 10.8 Å². The van der Waals surface area contributed by atoms with Crippen LogP contribution in [0.1, 0.15) is 18.0 Å². The number of methoxy groups -OCH3 is 1. The van der Waals surface area contributed by atoms with E-state index in [0.29, 0.717) is 13.0 Å². The smallest absolute Gasteiger partial charge is 0.410 e. The molecule has 0 saturated carbocycles. The van der Waals surface area contributed by atoms with E-state index >= 15 is 0 Å². The standard InChI is InChI=1S/C23H21NO4/c1-26-23(25)24-14-22(21-13-18(24)17-10-4-5-11-20(17)27-21)28-19-12-6-8-15-7-2-3-9-16(15)19/h2-12,18,21-22H,13-14H2,1H3/t18-,21-,22+/m1/s1. The molecule has 0 spiro atoms. The van der Waals surface area contributed by atoms with Gasteiger partial charge < -0.3 is 14.2 Å². The molecule has 142 valence electrons. The number of carbonyl (C=O) groups is 1. The van der Waals surface area contributed by atoms with Gasteiger partial charge in [-0.1, -0.05) is 54.6 Å². The molecule has 3 aromatic carbocycles. The maximum atomic E-state index is 12.5. The molecule has 28 heavy (non-hydrogen) atoms. The van der Waals surface area contributed by atoms with E-state index in [9.17, 15) is 4.79 Å². The zero-order valence-corrected chi connectivity index (χ0v) is 15.6. The van der Waals surface area contributed by atoms with E-state index in [2.05, 4.69) is 12.1 Å². The third kappa shape index (κ3) is 2.74. The van der Waals surface area contributed by atoms with Crippen molar-refractivity contribution in [3.8, 4) is 11.5 Å². The Morgan fingerprint density at radius 2 is 1.82 bits per heavy atom. The first-order valence-corrected chi connectivity index (χ1v) is 9.49. The molecule has 0 N–H and O–H groups in total. The second-order valence-electron chi connectivity index (χ2n) is 7.20. The number of carbonyl (C=O) groups excluding carboxylic acids is 1. The number of hydrogen-bond acceptors (Lipinski definition) is 4. The summed E-state index contributed by atoms with van der Waals surface area (Å²) >= 11 is 0. The van der Waals surface area contributed by atoms with Crippen molar-refractivity contribution in [3.63, 3.8) is 0 Å². The van der Waals surface area contributed by atoms with Crippen LogP contribution in [0, 0.1) is 0 Å². The highest BCUT2D eigenvalue weighted by molar-refractivity contribution is 5.88. The third-order valence-electron chi connectivity index (χ3n) is 5.62. The van der Waals surface area contributed by atoms with Gasteiger partial charge in [-0.25, -0.2) is 4.79 Å². The monoisotopic (exact) mass is 375 g/mol. The summed E-state index contributed by atoms with van der Waals surface area (Å²) in [4.78, 5) is 14.3. The Kier molecular flexibility index (Phi) is 4.08. The summed E-state index contributed by atoms with van der Waals surface area (Å²) < 4.78 is 17.7. The van der Waals surface area contributed by atoms with Gasteiger partial charge in [0.1, 0.15) is 17.6 Å². The van der Waals surface area contributed by atoms with Gasteiger partial charge in [-0.2, -0.15) is 0 Å². The Balaban J connectivity index is 1.51. The van der Waals surface area contributed by atoms with Crippen molar-refractivity contribution in [2.24, 2.45) is 0 Å². The highest BCUT2D eigenvalue weighted by Crippen LogP contribution is 2.43. The molecule has 0 unspecified atom stereocenters. The molecule has 1 fully saturated rings. The first kappa shape index (κ1) is 16.9. The molecule has 0 aromatic heterocycles. The van der Waals surface area contributed by atoms with Crippen LogP contribution in [0.4, 0.5) is 4.79 Å². The average Bonchev–Trinajstić information content (AvgIpc) is 2.75. The van der Waals surface area contributed by atoms with E-state index in [1.165, 1.54) is 7.11 Å². The normalized spacial score (nSPS) is 22.9. The van der Waals surface area contributed by atoms with Gasteiger partial charge in [0.25, 0.3) is 0 Å². The zero-order chi connectivity index (χ0) is 19.1. The van der Waals surface area contributed by atoms with Crippen LogP contribution in [0.3, 0.4) is 0 Å². The summed E-state index contributed by atoms with van der Waals surface area (Å²) in [5.41, 5.74) is 1.02. The minimum Gasteiger partial charge on any atom is -0.486 e. The van der Waals surface area contributed by atoms with Crippen LogP contribution in [-0.4, -0.2) is 36.9 Å². The van der Waals surface area contributed by atoms with Crippen molar-refractivity contribution in [2.75, 3.05) is 13.7 Å². The summed E-state index contributed by atoms with van der Waals surface area (Å²) in [7, 11) is 1.42. The number of piperidine rings is 1. The van der Waals surface area contributed by atoms with Crippen LogP contribution in [-0.2, 0) is 4.74 Å². The fraction of sp³-hybridized carbons (Fsp3) is 0.261. The van der Waals surface area contributed by atoms with Gasteiger partial charge in [0, 0.05) is 17.4 Å². The molecule has 5 rings (SSSR count). The van der Waals surface area contributed by atoms with Crippen molar-refractivity contribution in [3.05, 3.63) is 72.3 Å². The molecule has 3 aromatic rings. The molecule has 5 nitrogen and oxygen atoms in total. The maximum Gasteiger partial charge on any atom is 0.410 e. The number of amides is 1. The summed E-state index contributed by atoms with van der Waals surface area (Å²) in [5.74, 6) is 1.61. The van der Waals surface area contributed by atoms with Gasteiger partial charge in [-0.15, -0.1) is 0 Å². The van der Waals surface area contributed by atoms with Crippen LogP contribution >= 0.6 is 0 Å². The van der Waals surface area contributed by atoms with Gasteiger partial charge >= 0.3 is 6.09 Å². The Morgan fingerprint density at radius 3 is 2.71 bits per heavy atom. The van der Waals surface area contributed by atoms with E-state index in [4.69, 9.17) is 14.2 Å². The molecule has 2 bridgehead atoms. The molecule has 2 heterocycles. The minimum atomic E-state index is -0.341. The summed E-state index contributed by atoms with van der Waals surface area (Å²) in [6.07, 6.45) is -0.0670. The predicted octanol–water partition coefficient (Wildman–Crippen LogP) is 4.56. The summed E-state index contributed by atoms with van der Waals surface area (Å²) in [5, 5.41) is 2.17. The van der Waals surface area contributed by atoms with E-state index < -0.39 is 0 Å². The lowest BCUT2D eigenvalue weighted by atomic mass is 9.88. The Labute approximate surface area is 163 Å².